The Bertz CT molecular complexity index is 818. The number of fused-ring (bicyclic) bond motifs is 1. The van der Waals surface area contributed by atoms with Gasteiger partial charge in [-0.3, -0.25) is 4.90 Å². The fourth-order valence-corrected chi connectivity index (χ4v) is 3.06. The third-order valence-electron chi connectivity index (χ3n) is 4.47. The van der Waals surface area contributed by atoms with Crippen LogP contribution < -0.4 is 5.73 Å². The van der Waals surface area contributed by atoms with Crippen LogP contribution in [0.1, 0.15) is 23.6 Å². The van der Waals surface area contributed by atoms with E-state index in [0.29, 0.717) is 25.6 Å². The molecule has 148 valence electrons. The summed E-state index contributed by atoms with van der Waals surface area (Å²) in [5, 5.41) is 6.80. The predicted molar refractivity (Wildman–Crippen MR) is 82.9 cm³/mol. The van der Waals surface area contributed by atoms with Gasteiger partial charge in [0.1, 0.15) is 11.6 Å². The maximum atomic E-state index is 13.7. The van der Waals surface area contributed by atoms with Crippen molar-refractivity contribution in [2.75, 3.05) is 13.1 Å². The highest BCUT2D eigenvalue weighted by Crippen LogP contribution is 2.29. The Labute approximate surface area is 150 Å². The first-order chi connectivity index (χ1) is 12.6. The topological polar surface area (TPSA) is 60.0 Å². The number of hydrogen-bond donors (Lipinski definition) is 1. The van der Waals surface area contributed by atoms with Gasteiger partial charge in [-0.05, 0) is 24.5 Å². The average Bonchev–Trinajstić information content (AvgIpc) is 3.01. The summed E-state index contributed by atoms with van der Waals surface area (Å²) >= 11 is 0. The van der Waals surface area contributed by atoms with Gasteiger partial charge in [-0.1, -0.05) is 0 Å². The minimum Gasteiger partial charge on any atom is -0.327 e. The molecular formula is C16H17F6N5. The smallest absolute Gasteiger partial charge is 0.327 e. The second-order valence-corrected chi connectivity index (χ2v) is 6.48. The maximum absolute atomic E-state index is 13.7. The molecule has 0 saturated carbocycles. The van der Waals surface area contributed by atoms with Crippen molar-refractivity contribution in [3.8, 4) is 0 Å². The highest BCUT2D eigenvalue weighted by atomic mass is 19.4. The molecule has 0 amide bonds. The molecule has 0 spiro atoms. The zero-order valence-corrected chi connectivity index (χ0v) is 14.1. The van der Waals surface area contributed by atoms with Crippen LogP contribution >= 0.6 is 0 Å². The third-order valence-corrected chi connectivity index (χ3v) is 4.47. The van der Waals surface area contributed by atoms with Gasteiger partial charge in [0.2, 0.25) is 5.82 Å². The van der Waals surface area contributed by atoms with E-state index in [4.69, 9.17) is 5.73 Å². The van der Waals surface area contributed by atoms with Gasteiger partial charge in [0.05, 0.1) is 6.54 Å². The predicted octanol–water partition coefficient (Wildman–Crippen LogP) is 2.49. The molecule has 5 nitrogen and oxygen atoms in total. The lowest BCUT2D eigenvalue weighted by atomic mass is 10.0. The lowest BCUT2D eigenvalue weighted by Crippen LogP contribution is -2.38. The Morgan fingerprint density at radius 1 is 1.04 bits per heavy atom. The minimum atomic E-state index is -4.55. The van der Waals surface area contributed by atoms with Gasteiger partial charge in [-0.25, -0.2) is 13.2 Å². The number of benzene rings is 1. The summed E-state index contributed by atoms with van der Waals surface area (Å²) in [6.45, 7) is 1.10. The number of alkyl halides is 3. The summed E-state index contributed by atoms with van der Waals surface area (Å²) < 4.78 is 79.3. The number of nitrogens with zero attached hydrogens (tertiary/aromatic N) is 4. The van der Waals surface area contributed by atoms with Gasteiger partial charge >= 0.3 is 6.18 Å². The molecule has 2 heterocycles. The lowest BCUT2D eigenvalue weighted by molar-refractivity contribution is -0.148. The Morgan fingerprint density at radius 2 is 1.74 bits per heavy atom. The molecule has 2 aromatic rings. The molecule has 1 aromatic heterocycles. The fraction of sp³-hybridized carbons (Fsp3) is 0.500. The summed E-state index contributed by atoms with van der Waals surface area (Å²) in [5.74, 6) is -4.07. The van der Waals surface area contributed by atoms with Crippen LogP contribution in [0, 0.1) is 17.5 Å². The van der Waals surface area contributed by atoms with Crippen molar-refractivity contribution in [1.82, 2.24) is 19.7 Å². The van der Waals surface area contributed by atoms with Gasteiger partial charge in [-0.15, -0.1) is 10.2 Å². The van der Waals surface area contributed by atoms with E-state index in [1.165, 1.54) is 0 Å². The number of hydrogen-bond acceptors (Lipinski definition) is 4. The van der Waals surface area contributed by atoms with Crippen molar-refractivity contribution in [1.29, 1.82) is 0 Å². The van der Waals surface area contributed by atoms with Crippen molar-refractivity contribution in [2.24, 2.45) is 5.73 Å². The van der Waals surface area contributed by atoms with Gasteiger partial charge < -0.3 is 10.3 Å². The molecule has 0 fully saturated rings. The molecular weight excluding hydrogens is 376 g/mol. The van der Waals surface area contributed by atoms with Crippen LogP contribution in [0.5, 0.6) is 0 Å². The third kappa shape index (κ3) is 4.41. The molecule has 27 heavy (non-hydrogen) atoms. The van der Waals surface area contributed by atoms with E-state index >= 15 is 0 Å². The largest absolute Gasteiger partial charge is 0.451 e. The van der Waals surface area contributed by atoms with Crippen molar-refractivity contribution in [2.45, 2.75) is 38.1 Å². The molecule has 2 N–H and O–H groups in total. The number of nitrogens with two attached hydrogens (primary N) is 1. The van der Waals surface area contributed by atoms with E-state index in [1.54, 1.807) is 0 Å². The summed E-state index contributed by atoms with van der Waals surface area (Å²) in [6, 6.07) is 0.745. The molecule has 1 aliphatic rings. The van der Waals surface area contributed by atoms with E-state index in [9.17, 15) is 26.3 Å². The molecule has 0 bridgehead atoms. The van der Waals surface area contributed by atoms with Crippen LogP contribution in [0.4, 0.5) is 26.3 Å². The first kappa shape index (κ1) is 19.6. The quantitative estimate of drug-likeness (QED) is 0.627. The van der Waals surface area contributed by atoms with E-state index in [-0.39, 0.29) is 30.9 Å². The monoisotopic (exact) mass is 393 g/mol. The normalized spacial score (nSPS) is 16.4. The first-order valence-electron chi connectivity index (χ1n) is 8.25. The number of aromatic nitrogens is 3. The van der Waals surface area contributed by atoms with Crippen LogP contribution in [0.25, 0.3) is 0 Å². The molecule has 11 heteroatoms. The van der Waals surface area contributed by atoms with Gasteiger partial charge in [0.15, 0.2) is 11.6 Å². The number of rotatable bonds is 5. The van der Waals surface area contributed by atoms with Crippen molar-refractivity contribution < 1.29 is 26.3 Å². The molecule has 0 aliphatic carbocycles. The second kappa shape index (κ2) is 7.47. The van der Waals surface area contributed by atoms with Crippen LogP contribution in [-0.2, 0) is 25.7 Å². The van der Waals surface area contributed by atoms with Crippen molar-refractivity contribution in [3.05, 3.63) is 46.8 Å². The van der Waals surface area contributed by atoms with Crippen molar-refractivity contribution in [3.63, 3.8) is 0 Å². The minimum absolute atomic E-state index is 0.0189. The van der Waals surface area contributed by atoms with Gasteiger partial charge in [0, 0.05) is 31.7 Å². The van der Waals surface area contributed by atoms with Crippen LogP contribution in [0.3, 0.4) is 0 Å². The van der Waals surface area contributed by atoms with Crippen LogP contribution in [0.15, 0.2) is 12.1 Å². The Balaban J connectivity index is 1.55. The molecule has 1 atom stereocenters. The van der Waals surface area contributed by atoms with E-state index in [2.05, 4.69) is 10.2 Å². The highest BCUT2D eigenvalue weighted by Gasteiger charge is 2.39. The van der Waals surface area contributed by atoms with E-state index in [0.717, 1.165) is 10.6 Å². The fourth-order valence-electron chi connectivity index (χ4n) is 3.06. The summed E-state index contributed by atoms with van der Waals surface area (Å²) in [6.07, 6.45) is -4.13. The van der Waals surface area contributed by atoms with Gasteiger partial charge in [-0.2, -0.15) is 13.2 Å². The van der Waals surface area contributed by atoms with Crippen LogP contribution in [0.2, 0.25) is 0 Å². The summed E-state index contributed by atoms with van der Waals surface area (Å²) in [4.78, 5) is 1.87. The standard InChI is InChI=1S/C16H17F6N5/c17-11-7-13(19)12(18)6-9(11)5-10(23)1-2-26-3-4-27-14(8-26)24-25-15(27)16(20,21)22/h6-7,10H,1-5,8,23H2. The van der Waals surface area contributed by atoms with Gasteiger partial charge in [0.25, 0.3) is 0 Å². The molecule has 3 rings (SSSR count). The second-order valence-electron chi connectivity index (χ2n) is 6.48. The summed E-state index contributed by atoms with van der Waals surface area (Å²) in [5.41, 5.74) is 5.93. The van der Waals surface area contributed by atoms with Crippen LogP contribution in [-0.4, -0.2) is 38.8 Å². The van der Waals surface area contributed by atoms with E-state index in [1.807, 2.05) is 4.90 Å². The summed E-state index contributed by atoms with van der Waals surface area (Å²) in [7, 11) is 0. The maximum Gasteiger partial charge on any atom is 0.451 e. The molecule has 0 saturated heterocycles. The Kier molecular flexibility index (Phi) is 5.43. The highest BCUT2D eigenvalue weighted by molar-refractivity contribution is 5.21. The SMILES string of the molecule is NC(CCN1CCn2c(nnc2C(F)(F)F)C1)Cc1cc(F)c(F)cc1F. The molecule has 1 aromatic carbocycles. The Morgan fingerprint density at radius 3 is 2.44 bits per heavy atom. The molecule has 1 aliphatic heterocycles. The molecule has 0 radical (unpaired) electrons. The molecule has 1 unspecified atom stereocenters. The Hall–Kier alpha value is -2.14. The van der Waals surface area contributed by atoms with Crippen molar-refractivity contribution >= 4 is 0 Å². The average molecular weight is 393 g/mol. The van der Waals surface area contributed by atoms with E-state index < -0.39 is 35.5 Å². The number of halogens is 6. The zero-order valence-electron chi connectivity index (χ0n) is 14.1. The first-order valence-corrected chi connectivity index (χ1v) is 8.25. The lowest BCUT2D eigenvalue weighted by Gasteiger charge is -2.28. The zero-order chi connectivity index (χ0) is 19.8.